The molecular formula is C20H28N2O4. The number of hydrogen-bond acceptors (Lipinski definition) is 4. The Bertz CT molecular complexity index is 647. The maximum Gasteiger partial charge on any atom is 0.255 e. The van der Waals surface area contributed by atoms with E-state index < -0.39 is 0 Å². The predicted octanol–water partition coefficient (Wildman–Crippen LogP) is 2.70. The molecule has 3 rings (SSSR count). The lowest BCUT2D eigenvalue weighted by atomic mass is 9.87. The molecular weight excluding hydrogens is 332 g/mol. The van der Waals surface area contributed by atoms with Gasteiger partial charge in [-0.05, 0) is 37.8 Å². The number of phenols is 1. The van der Waals surface area contributed by atoms with Gasteiger partial charge in [0, 0.05) is 31.1 Å². The molecule has 1 saturated carbocycles. The average molecular weight is 360 g/mol. The van der Waals surface area contributed by atoms with Gasteiger partial charge in [-0.3, -0.25) is 9.59 Å². The van der Waals surface area contributed by atoms with Crippen molar-refractivity contribution in [2.75, 3.05) is 20.2 Å². The van der Waals surface area contributed by atoms with Crippen LogP contribution in [0.4, 0.5) is 0 Å². The molecule has 1 heterocycles. The first kappa shape index (κ1) is 18.5. The first-order valence-corrected chi connectivity index (χ1v) is 9.55. The van der Waals surface area contributed by atoms with Crippen molar-refractivity contribution in [2.45, 2.75) is 51.0 Å². The van der Waals surface area contributed by atoms with Crippen LogP contribution in [0.25, 0.3) is 0 Å². The number of ether oxygens (including phenoxy) is 1. The zero-order valence-corrected chi connectivity index (χ0v) is 15.4. The number of carbonyl (C=O) groups excluding carboxylic acids is 2. The van der Waals surface area contributed by atoms with E-state index in [2.05, 4.69) is 5.32 Å². The number of amides is 2. The van der Waals surface area contributed by atoms with Crippen molar-refractivity contribution in [3.63, 3.8) is 0 Å². The number of piperidine rings is 1. The largest absolute Gasteiger partial charge is 0.507 e. The fourth-order valence-electron chi connectivity index (χ4n) is 3.95. The number of rotatable bonds is 4. The number of methoxy groups -OCH3 is 1. The molecule has 2 amide bonds. The molecule has 0 spiro atoms. The molecule has 26 heavy (non-hydrogen) atoms. The van der Waals surface area contributed by atoms with E-state index in [0.717, 1.165) is 38.5 Å². The molecule has 1 aromatic carbocycles. The van der Waals surface area contributed by atoms with Gasteiger partial charge in [0.25, 0.3) is 5.91 Å². The fourth-order valence-corrected chi connectivity index (χ4v) is 3.95. The average Bonchev–Trinajstić information content (AvgIpc) is 2.68. The summed E-state index contributed by atoms with van der Waals surface area (Å²) in [4.78, 5) is 27.0. The number of nitrogens with zero attached hydrogens (tertiary/aromatic N) is 1. The van der Waals surface area contributed by atoms with Gasteiger partial charge in [-0.2, -0.15) is 0 Å². The van der Waals surface area contributed by atoms with Gasteiger partial charge in [-0.1, -0.05) is 19.3 Å². The summed E-state index contributed by atoms with van der Waals surface area (Å²) in [6.45, 7) is 1.38. The number of phenolic OH excluding ortho intramolecular Hbond substituents is 1. The van der Waals surface area contributed by atoms with Gasteiger partial charge in [-0.25, -0.2) is 0 Å². The summed E-state index contributed by atoms with van der Waals surface area (Å²) < 4.78 is 5.03. The minimum absolute atomic E-state index is 0.0272. The highest BCUT2D eigenvalue weighted by molar-refractivity contribution is 5.97. The lowest BCUT2D eigenvalue weighted by Gasteiger charge is -2.35. The van der Waals surface area contributed by atoms with Crippen LogP contribution in [0, 0.1) is 5.92 Å². The van der Waals surface area contributed by atoms with E-state index in [4.69, 9.17) is 4.74 Å². The number of aromatic hydroxyl groups is 1. The monoisotopic (exact) mass is 360 g/mol. The van der Waals surface area contributed by atoms with Gasteiger partial charge in [0.2, 0.25) is 5.91 Å². The van der Waals surface area contributed by atoms with Gasteiger partial charge < -0.3 is 20.1 Å². The summed E-state index contributed by atoms with van der Waals surface area (Å²) in [5.41, 5.74) is 0.242. The van der Waals surface area contributed by atoms with Crippen molar-refractivity contribution in [3.05, 3.63) is 23.8 Å². The highest BCUT2D eigenvalue weighted by Crippen LogP contribution is 2.27. The maximum absolute atomic E-state index is 12.6. The Balaban J connectivity index is 1.50. The van der Waals surface area contributed by atoms with Gasteiger partial charge in [0.1, 0.15) is 11.5 Å². The summed E-state index contributed by atoms with van der Waals surface area (Å²) in [7, 11) is 1.51. The number of benzene rings is 1. The molecule has 0 radical (unpaired) electrons. The van der Waals surface area contributed by atoms with E-state index >= 15 is 0 Å². The normalized spacial score (nSPS) is 19.2. The van der Waals surface area contributed by atoms with Crippen LogP contribution in [-0.4, -0.2) is 48.1 Å². The van der Waals surface area contributed by atoms with Crippen molar-refractivity contribution < 1.29 is 19.4 Å². The molecule has 0 aromatic heterocycles. The van der Waals surface area contributed by atoms with Crippen molar-refractivity contribution in [1.29, 1.82) is 0 Å². The molecule has 142 valence electrons. The lowest BCUT2D eigenvalue weighted by Crippen LogP contribution is -2.48. The maximum atomic E-state index is 12.6. The quantitative estimate of drug-likeness (QED) is 0.865. The van der Waals surface area contributed by atoms with Gasteiger partial charge in [0.15, 0.2) is 0 Å². The molecule has 1 aromatic rings. The van der Waals surface area contributed by atoms with Crippen LogP contribution in [0.2, 0.25) is 0 Å². The Hall–Kier alpha value is -2.24. The second-order valence-corrected chi connectivity index (χ2v) is 7.29. The molecule has 6 heteroatoms. The third kappa shape index (κ3) is 4.29. The van der Waals surface area contributed by atoms with Crippen LogP contribution >= 0.6 is 0 Å². The second-order valence-electron chi connectivity index (χ2n) is 7.29. The molecule has 2 N–H and O–H groups in total. The van der Waals surface area contributed by atoms with Gasteiger partial charge in [0.05, 0.1) is 12.7 Å². The molecule has 6 nitrogen and oxygen atoms in total. The SMILES string of the molecule is COc1ccc(C(=O)NC2CCN(C(=O)C3CCCCC3)CC2)c(O)c1. The Morgan fingerprint density at radius 3 is 2.42 bits per heavy atom. The standard InChI is InChI=1S/C20H28N2O4/c1-26-16-7-8-17(18(23)13-16)19(24)21-15-9-11-22(12-10-15)20(25)14-5-3-2-4-6-14/h7-8,13-15,23H,2-6,9-12H2,1H3,(H,21,24). The Labute approximate surface area is 154 Å². The van der Waals surface area contributed by atoms with Crippen molar-refractivity contribution >= 4 is 11.8 Å². The molecule has 2 fully saturated rings. The summed E-state index contributed by atoms with van der Waals surface area (Å²) in [6.07, 6.45) is 7.11. The number of carbonyl (C=O) groups is 2. The van der Waals surface area contributed by atoms with E-state index in [0.29, 0.717) is 24.7 Å². The summed E-state index contributed by atoms with van der Waals surface area (Å²) in [5, 5.41) is 13.0. The molecule has 1 aliphatic heterocycles. The third-order valence-electron chi connectivity index (χ3n) is 5.55. The van der Waals surface area contributed by atoms with Crippen LogP contribution in [0.1, 0.15) is 55.3 Å². The summed E-state index contributed by atoms with van der Waals surface area (Å²) in [5.74, 6) is 0.621. The topological polar surface area (TPSA) is 78.9 Å². The van der Waals surface area contributed by atoms with E-state index in [-0.39, 0.29) is 29.2 Å². The van der Waals surface area contributed by atoms with Crippen molar-refractivity contribution in [1.82, 2.24) is 10.2 Å². The lowest BCUT2D eigenvalue weighted by molar-refractivity contribution is -0.137. The van der Waals surface area contributed by atoms with E-state index in [9.17, 15) is 14.7 Å². The number of hydrogen-bond donors (Lipinski definition) is 2. The van der Waals surface area contributed by atoms with Crippen LogP contribution < -0.4 is 10.1 Å². The minimum Gasteiger partial charge on any atom is -0.507 e. The molecule has 1 aliphatic carbocycles. The van der Waals surface area contributed by atoms with Crippen molar-refractivity contribution in [3.8, 4) is 11.5 Å². The van der Waals surface area contributed by atoms with Crippen LogP contribution in [0.15, 0.2) is 18.2 Å². The molecule has 0 atom stereocenters. The van der Waals surface area contributed by atoms with Crippen LogP contribution in [0.5, 0.6) is 11.5 Å². The van der Waals surface area contributed by atoms with Gasteiger partial charge in [-0.15, -0.1) is 0 Å². The van der Waals surface area contributed by atoms with Crippen LogP contribution in [-0.2, 0) is 4.79 Å². The molecule has 0 bridgehead atoms. The first-order chi connectivity index (χ1) is 12.6. The zero-order chi connectivity index (χ0) is 18.5. The van der Waals surface area contributed by atoms with E-state index in [1.165, 1.54) is 19.6 Å². The van der Waals surface area contributed by atoms with E-state index in [1.807, 2.05) is 4.90 Å². The Morgan fingerprint density at radius 2 is 1.81 bits per heavy atom. The highest BCUT2D eigenvalue weighted by Gasteiger charge is 2.29. The highest BCUT2D eigenvalue weighted by atomic mass is 16.5. The minimum atomic E-state index is -0.290. The third-order valence-corrected chi connectivity index (χ3v) is 5.55. The van der Waals surface area contributed by atoms with Gasteiger partial charge >= 0.3 is 0 Å². The molecule has 2 aliphatic rings. The molecule has 0 unspecified atom stereocenters. The predicted molar refractivity (Wildman–Crippen MR) is 98.3 cm³/mol. The van der Waals surface area contributed by atoms with Crippen molar-refractivity contribution in [2.24, 2.45) is 5.92 Å². The zero-order valence-electron chi connectivity index (χ0n) is 15.4. The van der Waals surface area contributed by atoms with E-state index in [1.54, 1.807) is 12.1 Å². The Kier molecular flexibility index (Phi) is 6.01. The van der Waals surface area contributed by atoms with Crippen LogP contribution in [0.3, 0.4) is 0 Å². The fraction of sp³-hybridized carbons (Fsp3) is 0.600. The number of likely N-dealkylation sites (tertiary alicyclic amines) is 1. The second kappa shape index (κ2) is 8.43. The Morgan fingerprint density at radius 1 is 1.12 bits per heavy atom. The molecule has 1 saturated heterocycles. The summed E-state index contributed by atoms with van der Waals surface area (Å²) in [6, 6.07) is 4.67. The first-order valence-electron chi connectivity index (χ1n) is 9.55. The summed E-state index contributed by atoms with van der Waals surface area (Å²) >= 11 is 0. The smallest absolute Gasteiger partial charge is 0.255 e. The number of nitrogens with one attached hydrogen (secondary N) is 1.